The maximum atomic E-state index is 11.9. The largest absolute Gasteiger partial charge is 0.207 e. The highest BCUT2D eigenvalue weighted by Gasteiger charge is 1.77. The van der Waals surface area contributed by atoms with Gasteiger partial charge in [0.15, 0.2) is 0 Å². The maximum absolute atomic E-state index is 11.9. The van der Waals surface area contributed by atoms with Crippen LogP contribution in [-0.4, -0.2) is 5.88 Å². The minimum Gasteiger partial charge on any atom is -0.207 e. The zero-order valence-corrected chi connectivity index (χ0v) is 8.02. The molecule has 0 aromatic heterocycles. The Morgan fingerprint density at radius 2 is 1.83 bits per heavy atom. The predicted molar refractivity (Wildman–Crippen MR) is 52.0 cm³/mol. The highest BCUT2D eigenvalue weighted by Crippen LogP contribution is 1.91. The number of hydrogen-bond donors (Lipinski definition) is 0. The Kier molecular flexibility index (Phi) is 8.14. The first-order chi connectivity index (χ1) is 5.81. The zero-order chi connectivity index (χ0) is 9.23. The molecule has 0 unspecified atom stereocenters. The number of benzene rings is 1. The molecule has 0 nitrogen and oxygen atoms in total. The molecule has 0 aliphatic heterocycles. The van der Waals surface area contributed by atoms with Gasteiger partial charge in [-0.2, -0.15) is 0 Å². The average molecular weight is 189 g/mol. The lowest BCUT2D eigenvalue weighted by Crippen LogP contribution is -1.65. The molecule has 1 rings (SSSR count). The minimum absolute atomic E-state index is 0.178. The summed E-state index contributed by atoms with van der Waals surface area (Å²) in [4.78, 5) is 0. The summed E-state index contributed by atoms with van der Waals surface area (Å²) in [7, 11) is 0. The van der Waals surface area contributed by atoms with Gasteiger partial charge in [0, 0.05) is 5.88 Å². The van der Waals surface area contributed by atoms with Gasteiger partial charge in [-0.05, 0) is 18.6 Å². The summed E-state index contributed by atoms with van der Waals surface area (Å²) in [6, 6.07) is 7.94. The van der Waals surface area contributed by atoms with Crippen LogP contribution in [0.4, 0.5) is 4.39 Å². The van der Waals surface area contributed by atoms with Crippen molar-refractivity contribution in [3.63, 3.8) is 0 Å². The Labute approximate surface area is 78.4 Å². The van der Waals surface area contributed by atoms with Gasteiger partial charge < -0.3 is 0 Å². The second-order valence-electron chi connectivity index (χ2n) is 2.34. The quantitative estimate of drug-likeness (QED) is 0.619. The molecular weight excluding hydrogens is 175 g/mol. The molecule has 0 spiro atoms. The molecule has 0 heterocycles. The summed E-state index contributed by atoms with van der Waals surface area (Å²) in [5.41, 5.74) is 0. The first-order valence-electron chi connectivity index (χ1n) is 4.07. The van der Waals surface area contributed by atoms with Gasteiger partial charge in [-0.25, -0.2) is 4.39 Å². The van der Waals surface area contributed by atoms with E-state index in [9.17, 15) is 4.39 Å². The summed E-state index contributed by atoms with van der Waals surface area (Å²) in [5.74, 6) is 0.638. The van der Waals surface area contributed by atoms with Crippen molar-refractivity contribution in [2.75, 3.05) is 5.88 Å². The van der Waals surface area contributed by atoms with Gasteiger partial charge in [0.25, 0.3) is 0 Å². The number of hydrogen-bond acceptors (Lipinski definition) is 0. The molecule has 2 heteroatoms. The molecule has 0 bridgehead atoms. The molecule has 1 aromatic rings. The van der Waals surface area contributed by atoms with Gasteiger partial charge in [0.05, 0.1) is 0 Å². The fourth-order valence-electron chi connectivity index (χ4n) is 0.548. The van der Waals surface area contributed by atoms with E-state index < -0.39 is 0 Å². The first kappa shape index (κ1) is 11.4. The summed E-state index contributed by atoms with van der Waals surface area (Å²) in [5, 5.41) is 0. The molecule has 0 radical (unpaired) electrons. The SMILES string of the molecule is CCCCCl.Fc1ccccc1. The predicted octanol–water partition coefficient (Wildman–Crippen LogP) is 3.85. The van der Waals surface area contributed by atoms with E-state index in [2.05, 4.69) is 6.92 Å². The highest BCUT2D eigenvalue weighted by molar-refractivity contribution is 6.17. The van der Waals surface area contributed by atoms with E-state index >= 15 is 0 Å². The Morgan fingerprint density at radius 1 is 1.25 bits per heavy atom. The van der Waals surface area contributed by atoms with Crippen molar-refractivity contribution >= 4 is 11.6 Å². The summed E-state index contributed by atoms with van der Waals surface area (Å²) < 4.78 is 11.9. The zero-order valence-electron chi connectivity index (χ0n) is 7.26. The Bertz CT molecular complexity index is 172. The summed E-state index contributed by atoms with van der Waals surface area (Å²) in [6.07, 6.45) is 2.37. The van der Waals surface area contributed by atoms with Crippen LogP contribution in [0.3, 0.4) is 0 Å². The average Bonchev–Trinajstić information content (AvgIpc) is 2.08. The molecule has 0 aliphatic rings. The van der Waals surface area contributed by atoms with Crippen molar-refractivity contribution in [2.24, 2.45) is 0 Å². The van der Waals surface area contributed by atoms with Crippen LogP contribution >= 0.6 is 11.6 Å². The number of alkyl halides is 1. The third kappa shape index (κ3) is 7.55. The van der Waals surface area contributed by atoms with E-state index in [0.717, 1.165) is 12.3 Å². The Hall–Kier alpha value is -0.560. The molecule has 0 fully saturated rings. The van der Waals surface area contributed by atoms with Crippen LogP contribution in [0.2, 0.25) is 0 Å². The highest BCUT2D eigenvalue weighted by atomic mass is 35.5. The van der Waals surface area contributed by atoms with Crippen LogP contribution in [0.5, 0.6) is 0 Å². The topological polar surface area (TPSA) is 0 Å². The number of unbranched alkanes of at least 4 members (excludes halogenated alkanes) is 1. The molecule has 0 aliphatic carbocycles. The van der Waals surface area contributed by atoms with E-state index in [0.29, 0.717) is 0 Å². The molecule has 0 amide bonds. The number of rotatable bonds is 2. The van der Waals surface area contributed by atoms with Crippen LogP contribution in [0.25, 0.3) is 0 Å². The summed E-state index contributed by atoms with van der Waals surface area (Å²) >= 11 is 5.30. The van der Waals surface area contributed by atoms with Crippen LogP contribution in [0.15, 0.2) is 30.3 Å². The van der Waals surface area contributed by atoms with Crippen molar-refractivity contribution < 1.29 is 4.39 Å². The number of halogens is 2. The van der Waals surface area contributed by atoms with E-state index in [1.54, 1.807) is 18.2 Å². The molecular formula is C10H14ClF. The normalized spacial score (nSPS) is 8.58. The monoisotopic (exact) mass is 188 g/mol. The van der Waals surface area contributed by atoms with Gasteiger partial charge in [0.1, 0.15) is 5.82 Å². The second kappa shape index (κ2) is 8.54. The van der Waals surface area contributed by atoms with Crippen molar-refractivity contribution in [3.8, 4) is 0 Å². The van der Waals surface area contributed by atoms with Crippen LogP contribution in [0, 0.1) is 5.82 Å². The van der Waals surface area contributed by atoms with E-state index in [4.69, 9.17) is 11.6 Å². The molecule has 1 aromatic carbocycles. The molecule has 0 saturated heterocycles. The molecule has 0 saturated carbocycles. The molecule has 0 N–H and O–H groups in total. The standard InChI is InChI=1S/C6H5F.C4H9Cl/c7-6-4-2-1-3-5-6;1-2-3-4-5/h1-5H;2-4H2,1H3. The smallest absolute Gasteiger partial charge is 0.123 e. The van der Waals surface area contributed by atoms with Gasteiger partial charge in [-0.15, -0.1) is 11.6 Å². The maximum Gasteiger partial charge on any atom is 0.123 e. The lowest BCUT2D eigenvalue weighted by molar-refractivity contribution is 0.628. The van der Waals surface area contributed by atoms with Gasteiger partial charge >= 0.3 is 0 Å². The van der Waals surface area contributed by atoms with Crippen molar-refractivity contribution in [3.05, 3.63) is 36.1 Å². The second-order valence-corrected chi connectivity index (χ2v) is 2.72. The first-order valence-corrected chi connectivity index (χ1v) is 4.61. The minimum atomic E-state index is -0.178. The van der Waals surface area contributed by atoms with E-state index in [-0.39, 0.29) is 5.82 Å². The molecule has 12 heavy (non-hydrogen) atoms. The fourth-order valence-corrected chi connectivity index (χ4v) is 0.816. The third-order valence-electron chi connectivity index (χ3n) is 1.22. The molecule has 68 valence electrons. The van der Waals surface area contributed by atoms with Gasteiger partial charge in [-0.3, -0.25) is 0 Å². The van der Waals surface area contributed by atoms with Crippen LogP contribution in [0.1, 0.15) is 19.8 Å². The Balaban J connectivity index is 0.000000217. The summed E-state index contributed by atoms with van der Waals surface area (Å²) in [6.45, 7) is 2.13. The van der Waals surface area contributed by atoms with Gasteiger partial charge in [-0.1, -0.05) is 31.5 Å². The Morgan fingerprint density at radius 3 is 2.00 bits per heavy atom. The van der Waals surface area contributed by atoms with Crippen molar-refractivity contribution in [1.29, 1.82) is 0 Å². The lowest BCUT2D eigenvalue weighted by Gasteiger charge is -1.78. The van der Waals surface area contributed by atoms with Crippen LogP contribution in [-0.2, 0) is 0 Å². The van der Waals surface area contributed by atoms with E-state index in [1.807, 2.05) is 0 Å². The lowest BCUT2D eigenvalue weighted by atomic mass is 10.4. The van der Waals surface area contributed by atoms with Crippen molar-refractivity contribution in [1.82, 2.24) is 0 Å². The molecule has 0 atom stereocenters. The van der Waals surface area contributed by atoms with E-state index in [1.165, 1.54) is 18.6 Å². The van der Waals surface area contributed by atoms with Gasteiger partial charge in [0.2, 0.25) is 0 Å². The fraction of sp³-hybridized carbons (Fsp3) is 0.400. The van der Waals surface area contributed by atoms with Crippen molar-refractivity contribution in [2.45, 2.75) is 19.8 Å². The third-order valence-corrected chi connectivity index (χ3v) is 1.49. The van der Waals surface area contributed by atoms with Crippen LogP contribution < -0.4 is 0 Å².